The van der Waals surface area contributed by atoms with Crippen LogP contribution in [0.15, 0.2) is 24.3 Å². The molecule has 1 aromatic carbocycles. The van der Waals surface area contributed by atoms with Crippen molar-refractivity contribution >= 4 is 17.5 Å². The number of rotatable bonds is 10. The number of ether oxygens (including phenoxy) is 1. The van der Waals surface area contributed by atoms with E-state index in [1.165, 1.54) is 18.2 Å². The molecular formula is C22H33F3N4O3. The van der Waals surface area contributed by atoms with E-state index in [0.717, 1.165) is 25.7 Å². The number of hydrogen-bond acceptors (Lipinski definition) is 5. The van der Waals surface area contributed by atoms with Crippen LogP contribution < -0.4 is 10.6 Å². The molecule has 1 fully saturated rings. The van der Waals surface area contributed by atoms with E-state index in [-0.39, 0.29) is 30.8 Å². The Balaban J connectivity index is 1.81. The number of nitrogens with zero attached hydrogens (tertiary/aromatic N) is 2. The summed E-state index contributed by atoms with van der Waals surface area (Å²) in [7, 11) is 0. The Kier molecular flexibility index (Phi) is 9.92. The average molecular weight is 459 g/mol. The van der Waals surface area contributed by atoms with Gasteiger partial charge in [0, 0.05) is 26.2 Å². The highest BCUT2D eigenvalue weighted by molar-refractivity contribution is 5.93. The van der Waals surface area contributed by atoms with Crippen molar-refractivity contribution in [3.8, 4) is 0 Å². The second-order valence-electron chi connectivity index (χ2n) is 8.35. The predicted octanol–water partition coefficient (Wildman–Crippen LogP) is 2.44. The fraction of sp³-hybridized carbons (Fsp3) is 0.636. The molecule has 0 aliphatic carbocycles. The first-order chi connectivity index (χ1) is 15.1. The standard InChI is InChI=1S/C22H33F3N4O3/c1-4-28(15-21(31)27-19-8-6-5-7-18(19)22(23,24)25)14-20(30)26-11-17-13-29(9-10-32-17)12-16(2)3/h5-8,16-17H,4,9-15H2,1-3H3,(H,26,30)(H,27,31). The number of hydrogen-bond donors (Lipinski definition) is 2. The SMILES string of the molecule is CCN(CC(=O)NCC1CN(CC(C)C)CCO1)CC(=O)Nc1ccccc1C(F)(F)F. The highest BCUT2D eigenvalue weighted by Gasteiger charge is 2.33. The number of benzene rings is 1. The summed E-state index contributed by atoms with van der Waals surface area (Å²) >= 11 is 0. The van der Waals surface area contributed by atoms with Gasteiger partial charge < -0.3 is 15.4 Å². The number of alkyl halides is 3. The van der Waals surface area contributed by atoms with Crippen LogP contribution in [0.2, 0.25) is 0 Å². The van der Waals surface area contributed by atoms with E-state index in [1.54, 1.807) is 11.8 Å². The van der Waals surface area contributed by atoms with Crippen molar-refractivity contribution in [2.45, 2.75) is 33.1 Å². The molecule has 180 valence electrons. The normalized spacial score (nSPS) is 17.6. The van der Waals surface area contributed by atoms with Crippen molar-refractivity contribution in [1.82, 2.24) is 15.1 Å². The van der Waals surface area contributed by atoms with Gasteiger partial charge in [0.05, 0.1) is 37.1 Å². The van der Waals surface area contributed by atoms with Crippen LogP contribution in [0.5, 0.6) is 0 Å². The Morgan fingerprint density at radius 1 is 1.22 bits per heavy atom. The third-order valence-corrected chi connectivity index (χ3v) is 5.06. The van der Waals surface area contributed by atoms with Gasteiger partial charge in [-0.3, -0.25) is 19.4 Å². The van der Waals surface area contributed by atoms with Gasteiger partial charge in [-0.1, -0.05) is 32.9 Å². The number of morpholine rings is 1. The second kappa shape index (κ2) is 12.2. The first-order valence-electron chi connectivity index (χ1n) is 10.9. The van der Waals surface area contributed by atoms with Crippen molar-refractivity contribution in [2.24, 2.45) is 5.92 Å². The lowest BCUT2D eigenvalue weighted by molar-refractivity contribution is -0.137. The van der Waals surface area contributed by atoms with Gasteiger partial charge in [0.25, 0.3) is 0 Å². The van der Waals surface area contributed by atoms with Gasteiger partial charge in [0.15, 0.2) is 0 Å². The van der Waals surface area contributed by atoms with Gasteiger partial charge in [0.1, 0.15) is 0 Å². The number of likely N-dealkylation sites (N-methyl/N-ethyl adjacent to an activating group) is 1. The Morgan fingerprint density at radius 3 is 2.56 bits per heavy atom. The Morgan fingerprint density at radius 2 is 1.91 bits per heavy atom. The predicted molar refractivity (Wildman–Crippen MR) is 116 cm³/mol. The van der Waals surface area contributed by atoms with E-state index < -0.39 is 17.6 Å². The number of carbonyl (C=O) groups is 2. The number of amides is 2. The van der Waals surface area contributed by atoms with Gasteiger partial charge in [-0.25, -0.2) is 0 Å². The van der Waals surface area contributed by atoms with Crippen LogP contribution in [0.25, 0.3) is 0 Å². The lowest BCUT2D eigenvalue weighted by Crippen LogP contribution is -2.49. The van der Waals surface area contributed by atoms with E-state index in [9.17, 15) is 22.8 Å². The van der Waals surface area contributed by atoms with Crippen molar-refractivity contribution < 1.29 is 27.5 Å². The van der Waals surface area contributed by atoms with Crippen LogP contribution in [0, 0.1) is 5.92 Å². The lowest BCUT2D eigenvalue weighted by atomic mass is 10.1. The molecule has 0 saturated carbocycles. The Labute approximate surface area is 187 Å². The van der Waals surface area contributed by atoms with Crippen LogP contribution in [-0.2, 0) is 20.5 Å². The van der Waals surface area contributed by atoms with Crippen molar-refractivity contribution in [3.05, 3.63) is 29.8 Å². The maximum absolute atomic E-state index is 13.1. The third-order valence-electron chi connectivity index (χ3n) is 5.06. The molecule has 2 rings (SSSR count). The summed E-state index contributed by atoms with van der Waals surface area (Å²) in [5.74, 6) is -0.327. The van der Waals surface area contributed by atoms with Crippen molar-refractivity contribution in [2.75, 3.05) is 57.7 Å². The molecule has 1 unspecified atom stereocenters. The summed E-state index contributed by atoms with van der Waals surface area (Å²) in [6, 6.07) is 4.80. The molecule has 0 spiro atoms. The van der Waals surface area contributed by atoms with Gasteiger partial charge in [-0.05, 0) is 24.6 Å². The fourth-order valence-corrected chi connectivity index (χ4v) is 3.58. The number of halogens is 3. The number of anilines is 1. The number of para-hydroxylation sites is 1. The highest BCUT2D eigenvalue weighted by Crippen LogP contribution is 2.34. The summed E-state index contributed by atoms with van der Waals surface area (Å²) < 4.78 is 45.0. The number of carbonyl (C=O) groups excluding carboxylic acids is 2. The smallest absolute Gasteiger partial charge is 0.374 e. The van der Waals surface area contributed by atoms with E-state index >= 15 is 0 Å². The molecule has 0 bridgehead atoms. The largest absolute Gasteiger partial charge is 0.418 e. The Bertz CT molecular complexity index is 758. The Hall–Kier alpha value is -2.17. The molecule has 1 aromatic rings. The maximum Gasteiger partial charge on any atom is 0.418 e. The van der Waals surface area contributed by atoms with Crippen LogP contribution >= 0.6 is 0 Å². The number of nitrogens with one attached hydrogen (secondary N) is 2. The van der Waals surface area contributed by atoms with Crippen LogP contribution in [0.1, 0.15) is 26.3 Å². The first-order valence-corrected chi connectivity index (χ1v) is 10.9. The minimum atomic E-state index is -4.57. The fourth-order valence-electron chi connectivity index (χ4n) is 3.58. The monoisotopic (exact) mass is 458 g/mol. The summed E-state index contributed by atoms with van der Waals surface area (Å²) in [6.45, 7) is 9.84. The molecule has 1 atom stereocenters. The van der Waals surface area contributed by atoms with Crippen LogP contribution in [-0.4, -0.2) is 80.1 Å². The van der Waals surface area contributed by atoms with Crippen molar-refractivity contribution in [1.29, 1.82) is 0 Å². The third kappa shape index (κ3) is 8.76. The van der Waals surface area contributed by atoms with Gasteiger partial charge in [-0.2, -0.15) is 13.2 Å². The molecule has 7 nitrogen and oxygen atoms in total. The van der Waals surface area contributed by atoms with Gasteiger partial charge in [0.2, 0.25) is 11.8 Å². The lowest BCUT2D eigenvalue weighted by Gasteiger charge is -2.34. The molecule has 1 saturated heterocycles. The molecule has 1 aliphatic heterocycles. The molecule has 10 heteroatoms. The topological polar surface area (TPSA) is 73.9 Å². The quantitative estimate of drug-likeness (QED) is 0.564. The molecule has 2 N–H and O–H groups in total. The first kappa shape index (κ1) is 26.1. The van der Waals surface area contributed by atoms with Gasteiger partial charge in [-0.15, -0.1) is 0 Å². The summed E-state index contributed by atoms with van der Waals surface area (Å²) in [6.07, 6.45) is -4.66. The van der Waals surface area contributed by atoms with Crippen molar-refractivity contribution in [3.63, 3.8) is 0 Å². The molecule has 2 amide bonds. The maximum atomic E-state index is 13.1. The highest BCUT2D eigenvalue weighted by atomic mass is 19.4. The minimum absolute atomic E-state index is 0.0345. The molecule has 1 aliphatic rings. The molecule has 0 radical (unpaired) electrons. The molecule has 32 heavy (non-hydrogen) atoms. The zero-order chi connectivity index (χ0) is 23.7. The summed E-state index contributed by atoms with van der Waals surface area (Å²) in [5.41, 5.74) is -1.21. The second-order valence-corrected chi connectivity index (χ2v) is 8.35. The van der Waals surface area contributed by atoms with Crippen LogP contribution in [0.3, 0.4) is 0 Å². The zero-order valence-corrected chi connectivity index (χ0v) is 18.9. The van der Waals surface area contributed by atoms with Crippen LogP contribution in [0.4, 0.5) is 18.9 Å². The van der Waals surface area contributed by atoms with E-state index in [0.29, 0.717) is 25.6 Å². The van der Waals surface area contributed by atoms with E-state index in [1.807, 2.05) is 0 Å². The summed E-state index contributed by atoms with van der Waals surface area (Å²) in [5, 5.41) is 5.13. The van der Waals surface area contributed by atoms with E-state index in [4.69, 9.17) is 4.74 Å². The molecule has 0 aromatic heterocycles. The summed E-state index contributed by atoms with van der Waals surface area (Å²) in [4.78, 5) is 28.5. The molecule has 1 heterocycles. The minimum Gasteiger partial charge on any atom is -0.374 e. The van der Waals surface area contributed by atoms with Gasteiger partial charge >= 0.3 is 6.18 Å². The zero-order valence-electron chi connectivity index (χ0n) is 18.9. The average Bonchev–Trinajstić information content (AvgIpc) is 2.71. The van der Waals surface area contributed by atoms with E-state index in [2.05, 4.69) is 29.4 Å². The molecular weight excluding hydrogens is 425 g/mol.